The van der Waals surface area contributed by atoms with Crippen LogP contribution < -0.4 is 4.74 Å². The van der Waals surface area contributed by atoms with Crippen LogP contribution in [0.1, 0.15) is 27.0 Å². The second-order valence-electron chi connectivity index (χ2n) is 5.99. The smallest absolute Gasteiger partial charge is 0.335 e. The summed E-state index contributed by atoms with van der Waals surface area (Å²) in [6.07, 6.45) is 0.366. The van der Waals surface area contributed by atoms with Gasteiger partial charge in [0.1, 0.15) is 10.6 Å². The Bertz CT molecular complexity index is 936. The number of nitrogens with zero attached hydrogens (tertiary/aromatic N) is 1. The fraction of sp³-hybridized carbons (Fsp3) is 0.278. The lowest BCUT2D eigenvalue weighted by atomic mass is 9.95. The molecule has 3 rings (SSSR count). The molecule has 1 N–H and O–H groups in total. The Morgan fingerprint density at radius 3 is 2.68 bits per heavy atom. The molecular weight excluding hydrogens is 342 g/mol. The summed E-state index contributed by atoms with van der Waals surface area (Å²) in [4.78, 5) is 11.5. The van der Waals surface area contributed by atoms with Crippen molar-refractivity contribution < 1.29 is 23.1 Å². The van der Waals surface area contributed by atoms with E-state index >= 15 is 0 Å². The van der Waals surface area contributed by atoms with Crippen LogP contribution in [0, 0.1) is 6.92 Å². The first-order valence-corrected chi connectivity index (χ1v) is 9.27. The molecule has 0 bridgehead atoms. The van der Waals surface area contributed by atoms with E-state index in [1.165, 1.54) is 11.4 Å². The first-order valence-electron chi connectivity index (χ1n) is 7.83. The van der Waals surface area contributed by atoms with E-state index in [1.807, 2.05) is 6.92 Å². The van der Waals surface area contributed by atoms with Gasteiger partial charge in [-0.2, -0.15) is 4.31 Å². The average molecular weight is 361 g/mol. The Balaban J connectivity index is 2.00. The maximum atomic E-state index is 13.1. The van der Waals surface area contributed by atoms with Crippen LogP contribution >= 0.6 is 0 Å². The molecule has 0 spiro atoms. The lowest BCUT2D eigenvalue weighted by Crippen LogP contribution is -2.36. The number of hydrogen-bond acceptors (Lipinski definition) is 4. The number of carboxylic acids is 1. The Kier molecular flexibility index (Phi) is 4.53. The van der Waals surface area contributed by atoms with Crippen LogP contribution in [0.5, 0.6) is 5.75 Å². The summed E-state index contributed by atoms with van der Waals surface area (Å²) >= 11 is 0. The van der Waals surface area contributed by atoms with E-state index in [-0.39, 0.29) is 23.5 Å². The zero-order valence-corrected chi connectivity index (χ0v) is 14.8. The topological polar surface area (TPSA) is 83.9 Å². The van der Waals surface area contributed by atoms with Gasteiger partial charge in [-0.3, -0.25) is 0 Å². The van der Waals surface area contributed by atoms with E-state index in [9.17, 15) is 18.3 Å². The zero-order chi connectivity index (χ0) is 18.2. The molecule has 0 aromatic heterocycles. The Morgan fingerprint density at radius 1 is 1.24 bits per heavy atom. The number of aromatic carboxylic acids is 1. The van der Waals surface area contributed by atoms with E-state index in [4.69, 9.17) is 4.74 Å². The van der Waals surface area contributed by atoms with Gasteiger partial charge in [0.15, 0.2) is 0 Å². The molecule has 0 unspecified atom stereocenters. The Labute approximate surface area is 146 Å². The number of rotatable bonds is 4. The normalized spacial score (nSPS) is 14.8. The molecule has 7 heteroatoms. The Hall–Kier alpha value is -2.38. The van der Waals surface area contributed by atoms with Crippen molar-refractivity contribution in [1.29, 1.82) is 0 Å². The monoisotopic (exact) mass is 361 g/mol. The molecule has 0 fully saturated rings. The average Bonchev–Trinajstić information content (AvgIpc) is 2.60. The van der Waals surface area contributed by atoms with Gasteiger partial charge in [-0.05, 0) is 48.2 Å². The number of ether oxygens (including phenoxy) is 1. The van der Waals surface area contributed by atoms with Crippen molar-refractivity contribution in [2.24, 2.45) is 0 Å². The molecule has 1 aliphatic rings. The van der Waals surface area contributed by atoms with Gasteiger partial charge in [-0.15, -0.1) is 0 Å². The van der Waals surface area contributed by atoms with Gasteiger partial charge in [-0.1, -0.05) is 18.2 Å². The largest absolute Gasteiger partial charge is 0.495 e. The molecule has 0 saturated carbocycles. The number of carbonyl (C=O) groups is 1. The third kappa shape index (κ3) is 3.12. The van der Waals surface area contributed by atoms with Crippen molar-refractivity contribution in [2.75, 3.05) is 13.7 Å². The number of methoxy groups -OCH3 is 1. The van der Waals surface area contributed by atoms with Crippen LogP contribution in [-0.4, -0.2) is 37.5 Å². The quantitative estimate of drug-likeness (QED) is 0.904. The summed E-state index contributed by atoms with van der Waals surface area (Å²) < 4.78 is 32.7. The van der Waals surface area contributed by atoms with Crippen molar-refractivity contribution in [1.82, 2.24) is 4.31 Å². The summed E-state index contributed by atoms with van der Waals surface area (Å²) in [5.41, 5.74) is 2.49. The van der Waals surface area contributed by atoms with Crippen LogP contribution in [-0.2, 0) is 23.0 Å². The molecule has 2 aromatic rings. The van der Waals surface area contributed by atoms with Crippen LogP contribution in [0.4, 0.5) is 0 Å². The molecule has 0 radical (unpaired) electrons. The SMILES string of the molecule is COc1ccc(C)cc1S(=O)(=O)N1CCc2c(cccc2C(=O)O)C1. The van der Waals surface area contributed by atoms with E-state index in [0.717, 1.165) is 11.1 Å². The Morgan fingerprint density at radius 2 is 2.00 bits per heavy atom. The van der Waals surface area contributed by atoms with Gasteiger partial charge >= 0.3 is 5.97 Å². The second kappa shape index (κ2) is 6.50. The molecule has 2 aromatic carbocycles. The maximum Gasteiger partial charge on any atom is 0.335 e. The van der Waals surface area contributed by atoms with Crippen LogP contribution in [0.2, 0.25) is 0 Å². The van der Waals surface area contributed by atoms with Gasteiger partial charge in [0.2, 0.25) is 10.0 Å². The molecule has 0 aliphatic carbocycles. The highest BCUT2D eigenvalue weighted by Gasteiger charge is 2.32. The molecule has 1 heterocycles. The number of hydrogen-bond donors (Lipinski definition) is 1. The zero-order valence-electron chi connectivity index (χ0n) is 14.0. The highest BCUT2D eigenvalue weighted by atomic mass is 32.2. The number of aryl methyl sites for hydroxylation is 1. The minimum Gasteiger partial charge on any atom is -0.495 e. The van der Waals surface area contributed by atoms with Crippen LogP contribution in [0.25, 0.3) is 0 Å². The second-order valence-corrected chi connectivity index (χ2v) is 7.90. The van der Waals surface area contributed by atoms with E-state index in [1.54, 1.807) is 36.4 Å². The van der Waals surface area contributed by atoms with Gasteiger partial charge in [0, 0.05) is 13.1 Å². The lowest BCUT2D eigenvalue weighted by molar-refractivity contribution is 0.0695. The third-order valence-corrected chi connectivity index (χ3v) is 6.26. The predicted molar refractivity (Wildman–Crippen MR) is 92.4 cm³/mol. The molecular formula is C18H19NO5S. The first kappa shape index (κ1) is 17.4. The minimum absolute atomic E-state index is 0.132. The van der Waals surface area contributed by atoms with E-state index < -0.39 is 16.0 Å². The fourth-order valence-electron chi connectivity index (χ4n) is 3.11. The van der Waals surface area contributed by atoms with Crippen molar-refractivity contribution in [3.63, 3.8) is 0 Å². The van der Waals surface area contributed by atoms with Crippen LogP contribution in [0.15, 0.2) is 41.3 Å². The summed E-state index contributed by atoms with van der Waals surface area (Å²) in [5.74, 6) is -0.691. The molecule has 0 amide bonds. The highest BCUT2D eigenvalue weighted by molar-refractivity contribution is 7.89. The van der Waals surface area contributed by atoms with E-state index in [2.05, 4.69) is 0 Å². The number of fused-ring (bicyclic) bond motifs is 1. The maximum absolute atomic E-state index is 13.1. The molecule has 6 nitrogen and oxygen atoms in total. The van der Waals surface area contributed by atoms with Crippen molar-refractivity contribution in [3.05, 3.63) is 58.7 Å². The molecule has 0 atom stereocenters. The van der Waals surface area contributed by atoms with Gasteiger partial charge in [-0.25, -0.2) is 13.2 Å². The van der Waals surface area contributed by atoms with Crippen molar-refractivity contribution in [2.45, 2.75) is 24.8 Å². The first-order chi connectivity index (χ1) is 11.8. The molecule has 1 aliphatic heterocycles. The number of sulfonamides is 1. The fourth-order valence-corrected chi connectivity index (χ4v) is 4.77. The summed E-state index contributed by atoms with van der Waals surface area (Å²) in [6, 6.07) is 10.00. The minimum atomic E-state index is -3.74. The summed E-state index contributed by atoms with van der Waals surface area (Å²) in [7, 11) is -2.30. The predicted octanol–water partition coefficient (Wildman–Crippen LogP) is 2.45. The van der Waals surface area contributed by atoms with Gasteiger partial charge < -0.3 is 9.84 Å². The van der Waals surface area contributed by atoms with Crippen molar-refractivity contribution in [3.8, 4) is 5.75 Å². The van der Waals surface area contributed by atoms with Gasteiger partial charge in [0.25, 0.3) is 0 Å². The molecule has 25 heavy (non-hydrogen) atoms. The third-order valence-electron chi connectivity index (χ3n) is 4.40. The lowest BCUT2D eigenvalue weighted by Gasteiger charge is -2.29. The van der Waals surface area contributed by atoms with E-state index in [0.29, 0.717) is 17.7 Å². The molecule has 0 saturated heterocycles. The van der Waals surface area contributed by atoms with Gasteiger partial charge in [0.05, 0.1) is 12.7 Å². The standard InChI is InChI=1S/C18H19NO5S/c1-12-6-7-16(24-2)17(10-12)25(22,23)19-9-8-14-13(11-19)4-3-5-15(14)18(20)21/h3-7,10H,8-9,11H2,1-2H3,(H,20,21). The van der Waals surface area contributed by atoms with Crippen molar-refractivity contribution >= 4 is 16.0 Å². The summed E-state index contributed by atoms with van der Waals surface area (Å²) in [5, 5.41) is 9.30. The summed E-state index contributed by atoms with van der Waals surface area (Å²) in [6.45, 7) is 2.20. The van der Waals surface area contributed by atoms with Crippen LogP contribution in [0.3, 0.4) is 0 Å². The number of carboxylic acid groups (broad SMARTS) is 1. The highest BCUT2D eigenvalue weighted by Crippen LogP contribution is 2.31. The molecule has 132 valence electrons. The number of benzene rings is 2.